The highest BCUT2D eigenvalue weighted by Gasteiger charge is 2.51. The molecule has 1 fully saturated rings. The molecule has 8 nitrogen and oxygen atoms in total. The van der Waals surface area contributed by atoms with Gasteiger partial charge in [-0.05, 0) is 35.4 Å². The number of hydrogen-bond donors (Lipinski definition) is 1. The molecule has 1 N–H and O–H groups in total. The van der Waals surface area contributed by atoms with Crippen LogP contribution in [0.1, 0.15) is 11.1 Å². The number of nitrogens with one attached hydrogen (secondary N) is 1. The van der Waals surface area contributed by atoms with Crippen molar-refractivity contribution in [2.45, 2.75) is 12.6 Å². The van der Waals surface area contributed by atoms with E-state index in [0.29, 0.717) is 5.56 Å². The number of carbonyl (C=O) groups excluding carboxylic acids is 2. The number of benzene rings is 2. The molecule has 0 radical (unpaired) electrons. The predicted octanol–water partition coefficient (Wildman–Crippen LogP) is 1.76. The van der Waals surface area contributed by atoms with Crippen molar-refractivity contribution < 1.29 is 22.9 Å². The van der Waals surface area contributed by atoms with Gasteiger partial charge < -0.3 is 0 Å². The van der Waals surface area contributed by atoms with Crippen molar-refractivity contribution >= 4 is 29.9 Å². The molecule has 2 aliphatic heterocycles. The van der Waals surface area contributed by atoms with Crippen molar-refractivity contribution in [3.63, 3.8) is 0 Å². The highest BCUT2D eigenvalue weighted by Crippen LogP contribution is 2.20. The van der Waals surface area contributed by atoms with E-state index in [1.807, 2.05) is 0 Å². The fourth-order valence-corrected chi connectivity index (χ4v) is 3.35. The van der Waals surface area contributed by atoms with Crippen LogP contribution in [0, 0.1) is 11.6 Å². The number of hydrogen-bond acceptors (Lipinski definition) is 5. The molecule has 3 amide bonds. The molecule has 158 valence electrons. The SMILES string of the molecule is CN1C(=O)C2C(=NC(N/N=C\c3ccc(F)cc3)=[N+]2Cc2ccc(F)cc2)N(C)C1=O. The first-order valence-electron chi connectivity index (χ1n) is 9.41. The smallest absolute Gasteiger partial charge is 0.270 e. The number of hydrazone groups is 1. The first kappa shape index (κ1) is 20.3. The molecule has 2 aromatic rings. The summed E-state index contributed by atoms with van der Waals surface area (Å²) in [7, 11) is 2.95. The van der Waals surface area contributed by atoms with E-state index in [-0.39, 0.29) is 30.0 Å². The summed E-state index contributed by atoms with van der Waals surface area (Å²) in [6.07, 6.45) is 1.48. The average Bonchev–Trinajstić information content (AvgIpc) is 3.12. The van der Waals surface area contributed by atoms with Gasteiger partial charge in [0.2, 0.25) is 11.9 Å². The van der Waals surface area contributed by atoms with E-state index < -0.39 is 18.0 Å². The van der Waals surface area contributed by atoms with E-state index in [1.165, 1.54) is 49.5 Å². The zero-order valence-corrected chi connectivity index (χ0v) is 16.8. The number of urea groups is 1. The van der Waals surface area contributed by atoms with Gasteiger partial charge in [0.05, 0.1) is 12.8 Å². The Bertz CT molecular complexity index is 1130. The Hall–Kier alpha value is -3.95. The topological polar surface area (TPSA) is 80.4 Å². The van der Waals surface area contributed by atoms with Gasteiger partial charge in [0.15, 0.2) is 0 Å². The van der Waals surface area contributed by atoms with Gasteiger partial charge in [-0.15, -0.1) is 5.10 Å². The summed E-state index contributed by atoms with van der Waals surface area (Å²) in [4.78, 5) is 32.0. The number of imide groups is 1. The van der Waals surface area contributed by atoms with Gasteiger partial charge in [-0.1, -0.05) is 29.3 Å². The van der Waals surface area contributed by atoms with Gasteiger partial charge in [-0.25, -0.2) is 18.2 Å². The summed E-state index contributed by atoms with van der Waals surface area (Å²) >= 11 is 0. The van der Waals surface area contributed by atoms with E-state index in [0.717, 1.165) is 10.5 Å². The third kappa shape index (κ3) is 3.91. The predicted molar refractivity (Wildman–Crippen MR) is 110 cm³/mol. The number of guanidine groups is 1. The van der Waals surface area contributed by atoms with Crippen molar-refractivity contribution in [2.75, 3.05) is 14.1 Å². The zero-order valence-electron chi connectivity index (χ0n) is 16.8. The molecule has 1 saturated heterocycles. The number of carbonyl (C=O) groups is 2. The molecule has 10 heteroatoms. The minimum Gasteiger partial charge on any atom is -0.270 e. The Morgan fingerprint density at radius 3 is 2.29 bits per heavy atom. The van der Waals surface area contributed by atoms with Crippen LogP contribution >= 0.6 is 0 Å². The van der Waals surface area contributed by atoms with Gasteiger partial charge in [-0.3, -0.25) is 14.6 Å². The van der Waals surface area contributed by atoms with E-state index >= 15 is 0 Å². The molecular formula is C21H19F2N6O2+. The molecule has 4 rings (SSSR count). The normalized spacial score (nSPS) is 18.7. The van der Waals surface area contributed by atoms with Gasteiger partial charge in [0.25, 0.3) is 5.91 Å². The molecule has 0 bridgehead atoms. The van der Waals surface area contributed by atoms with Crippen molar-refractivity contribution in [3.8, 4) is 0 Å². The summed E-state index contributed by atoms with van der Waals surface area (Å²) in [5.74, 6) is -0.623. The summed E-state index contributed by atoms with van der Waals surface area (Å²) in [6, 6.07) is 10.3. The van der Waals surface area contributed by atoms with Crippen LogP contribution in [0.2, 0.25) is 0 Å². The monoisotopic (exact) mass is 425 g/mol. The maximum Gasteiger partial charge on any atom is 0.414 e. The molecule has 0 spiro atoms. The van der Waals surface area contributed by atoms with E-state index in [2.05, 4.69) is 15.5 Å². The number of likely N-dealkylation sites (N-methyl/N-ethyl adjacent to an activating group) is 2. The number of fused-ring (bicyclic) bond motifs is 1. The number of aliphatic imine (C=N–C) groups is 1. The first-order valence-corrected chi connectivity index (χ1v) is 9.41. The summed E-state index contributed by atoms with van der Waals surface area (Å²) in [5.41, 5.74) is 4.20. The minimum absolute atomic E-state index is 0.230. The molecule has 31 heavy (non-hydrogen) atoms. The average molecular weight is 425 g/mol. The Kier molecular flexibility index (Phi) is 5.28. The third-order valence-corrected chi connectivity index (χ3v) is 5.05. The van der Waals surface area contributed by atoms with Crippen LogP contribution in [0.15, 0.2) is 58.6 Å². The quantitative estimate of drug-likeness (QED) is 0.461. The molecule has 0 aromatic heterocycles. The van der Waals surface area contributed by atoms with E-state index in [1.54, 1.807) is 28.8 Å². The van der Waals surface area contributed by atoms with E-state index in [9.17, 15) is 18.4 Å². The van der Waals surface area contributed by atoms with Crippen LogP contribution in [0.4, 0.5) is 13.6 Å². The Morgan fingerprint density at radius 2 is 1.65 bits per heavy atom. The Labute approximate surface area is 176 Å². The van der Waals surface area contributed by atoms with E-state index in [4.69, 9.17) is 0 Å². The van der Waals surface area contributed by atoms with Crippen LogP contribution in [0.3, 0.4) is 0 Å². The second kappa shape index (κ2) is 8.05. The van der Waals surface area contributed by atoms with Gasteiger partial charge in [-0.2, -0.15) is 5.43 Å². The fraction of sp³-hybridized carbons (Fsp3) is 0.190. The molecule has 1 unspecified atom stereocenters. The fourth-order valence-electron chi connectivity index (χ4n) is 3.35. The van der Waals surface area contributed by atoms with Crippen LogP contribution in [-0.4, -0.2) is 64.5 Å². The number of amides is 3. The summed E-state index contributed by atoms with van der Waals surface area (Å²) in [5, 5.41) is 4.13. The lowest BCUT2D eigenvalue weighted by Crippen LogP contribution is -2.61. The first-order chi connectivity index (χ1) is 14.8. The highest BCUT2D eigenvalue weighted by atomic mass is 19.1. The minimum atomic E-state index is -0.832. The lowest BCUT2D eigenvalue weighted by Gasteiger charge is -2.31. The van der Waals surface area contributed by atoms with Crippen LogP contribution in [0.5, 0.6) is 0 Å². The lowest BCUT2D eigenvalue weighted by atomic mass is 10.1. The number of rotatable bonds is 4. The number of nitrogens with zero attached hydrogens (tertiary/aromatic N) is 5. The molecule has 2 heterocycles. The van der Waals surface area contributed by atoms with Gasteiger partial charge >= 0.3 is 12.0 Å². The number of halogens is 2. The maximum absolute atomic E-state index is 13.3. The summed E-state index contributed by atoms with van der Waals surface area (Å²) in [6.45, 7) is 0.230. The van der Waals surface area contributed by atoms with Crippen LogP contribution in [0.25, 0.3) is 0 Å². The van der Waals surface area contributed by atoms with Crippen LogP contribution < -0.4 is 5.43 Å². The number of amidine groups is 1. The molecule has 2 aliphatic rings. The van der Waals surface area contributed by atoms with Crippen molar-refractivity contribution in [1.82, 2.24) is 15.2 Å². The van der Waals surface area contributed by atoms with Gasteiger partial charge in [0.1, 0.15) is 11.6 Å². The lowest BCUT2D eigenvalue weighted by molar-refractivity contribution is -0.553. The Balaban J connectivity index is 1.67. The second-order valence-corrected chi connectivity index (χ2v) is 7.11. The molecule has 0 aliphatic carbocycles. The largest absolute Gasteiger partial charge is 0.414 e. The molecule has 0 saturated carbocycles. The maximum atomic E-state index is 13.3. The van der Waals surface area contributed by atoms with Crippen molar-refractivity contribution in [2.24, 2.45) is 10.1 Å². The van der Waals surface area contributed by atoms with Crippen LogP contribution in [-0.2, 0) is 11.3 Å². The van der Waals surface area contributed by atoms with Gasteiger partial charge in [0, 0.05) is 14.1 Å². The standard InChI is InChI=1S/C21H18F2N6O2/c1-27-18-17(19(30)28(2)21(27)31)29(12-14-5-9-16(23)10-6-14)20(25-18)26-24-11-13-3-7-15(22)8-4-13/h3-11,17H,12H2,1-2H3/p+1/b24-11-. The Morgan fingerprint density at radius 1 is 1.03 bits per heavy atom. The molecular weight excluding hydrogens is 406 g/mol. The highest BCUT2D eigenvalue weighted by molar-refractivity contribution is 6.22. The van der Waals surface area contributed by atoms with Crippen molar-refractivity contribution in [3.05, 3.63) is 71.3 Å². The van der Waals surface area contributed by atoms with Crippen molar-refractivity contribution in [1.29, 1.82) is 0 Å². The zero-order chi connectivity index (χ0) is 22.1. The molecule has 1 atom stereocenters. The second-order valence-electron chi connectivity index (χ2n) is 7.11. The molecule has 2 aromatic carbocycles. The third-order valence-electron chi connectivity index (χ3n) is 5.05. The summed E-state index contributed by atoms with van der Waals surface area (Å²) < 4.78 is 28.0.